The van der Waals surface area contributed by atoms with Gasteiger partial charge in [-0.3, -0.25) is 4.79 Å². The van der Waals surface area contributed by atoms with Crippen LogP contribution in [0, 0.1) is 0 Å². The number of alkyl halides is 2. The molecule has 0 atom stereocenters. The van der Waals surface area contributed by atoms with Gasteiger partial charge in [0, 0.05) is 11.8 Å². The number of carbonyl (C=O) groups excluding carboxylic acids is 1. The molecule has 0 aliphatic carbocycles. The first-order chi connectivity index (χ1) is 7.06. The molecule has 0 spiro atoms. The molecule has 0 bridgehead atoms. The molecule has 0 radical (unpaired) electrons. The Hall–Kier alpha value is -1.72. The van der Waals surface area contributed by atoms with Crippen LogP contribution in [0.5, 0.6) is 0 Å². The van der Waals surface area contributed by atoms with Gasteiger partial charge in [-0.2, -0.15) is 0 Å². The highest BCUT2D eigenvalue weighted by Crippen LogP contribution is 2.17. The van der Waals surface area contributed by atoms with Crippen LogP contribution >= 0.6 is 0 Å². The lowest BCUT2D eigenvalue weighted by Gasteiger charge is -2.03. The molecular formula is C9H9F2NO3. The normalized spacial score (nSPS) is 10.4. The molecule has 1 heterocycles. The number of nitrogens with one attached hydrogen (secondary N) is 1. The summed E-state index contributed by atoms with van der Waals surface area (Å²) < 4.78 is 29.0. The zero-order valence-electron chi connectivity index (χ0n) is 7.92. The van der Waals surface area contributed by atoms with E-state index in [-0.39, 0.29) is 6.61 Å². The predicted octanol–water partition coefficient (Wildman–Crippen LogP) is 1.49. The maximum absolute atomic E-state index is 12.3. The second-order valence-corrected chi connectivity index (χ2v) is 2.70. The van der Waals surface area contributed by atoms with Crippen LogP contribution in [-0.2, 0) is 4.74 Å². The van der Waals surface area contributed by atoms with Gasteiger partial charge in [-0.05, 0) is 13.0 Å². The van der Waals surface area contributed by atoms with Crippen molar-refractivity contribution in [2.24, 2.45) is 0 Å². The Morgan fingerprint density at radius 3 is 2.80 bits per heavy atom. The predicted molar refractivity (Wildman–Crippen MR) is 48.0 cm³/mol. The van der Waals surface area contributed by atoms with Crippen LogP contribution in [0.25, 0.3) is 0 Å². The van der Waals surface area contributed by atoms with Gasteiger partial charge < -0.3 is 9.72 Å². The van der Waals surface area contributed by atoms with Crippen LogP contribution < -0.4 is 5.56 Å². The van der Waals surface area contributed by atoms with Crippen molar-refractivity contribution >= 4 is 5.97 Å². The van der Waals surface area contributed by atoms with E-state index in [4.69, 9.17) is 0 Å². The largest absolute Gasteiger partial charge is 0.462 e. The van der Waals surface area contributed by atoms with Crippen LogP contribution in [0.1, 0.15) is 29.3 Å². The second-order valence-electron chi connectivity index (χ2n) is 2.70. The van der Waals surface area contributed by atoms with Gasteiger partial charge in [0.15, 0.2) is 0 Å². The number of rotatable bonds is 3. The standard InChI is InChI=1S/C9H9F2NO3/c1-2-15-9(14)6-3-5(7(10)11)4-12-8(6)13/h3-4,7H,2H2,1H3,(H,12,13). The van der Waals surface area contributed by atoms with Crippen molar-refractivity contribution in [1.29, 1.82) is 0 Å². The summed E-state index contributed by atoms with van der Waals surface area (Å²) in [5.41, 5.74) is -1.56. The highest BCUT2D eigenvalue weighted by molar-refractivity contribution is 5.89. The van der Waals surface area contributed by atoms with Crippen molar-refractivity contribution in [3.63, 3.8) is 0 Å². The zero-order chi connectivity index (χ0) is 11.4. The van der Waals surface area contributed by atoms with Crippen molar-refractivity contribution in [1.82, 2.24) is 4.98 Å². The highest BCUT2D eigenvalue weighted by Gasteiger charge is 2.15. The summed E-state index contributed by atoms with van der Waals surface area (Å²) in [5, 5.41) is 0. The number of ether oxygens (including phenoxy) is 1. The van der Waals surface area contributed by atoms with Crippen LogP contribution in [0.15, 0.2) is 17.1 Å². The maximum Gasteiger partial charge on any atom is 0.343 e. The summed E-state index contributed by atoms with van der Waals surface area (Å²) in [7, 11) is 0. The number of esters is 1. The molecule has 15 heavy (non-hydrogen) atoms. The first-order valence-electron chi connectivity index (χ1n) is 4.24. The summed E-state index contributed by atoms with van der Waals surface area (Å²) in [6, 6.07) is 0.835. The molecule has 0 aliphatic rings. The lowest BCUT2D eigenvalue weighted by Crippen LogP contribution is -2.20. The molecular weight excluding hydrogens is 208 g/mol. The van der Waals surface area contributed by atoms with Crippen LogP contribution in [0.2, 0.25) is 0 Å². The number of H-pyrrole nitrogens is 1. The van der Waals surface area contributed by atoms with Crippen molar-refractivity contribution in [2.75, 3.05) is 6.61 Å². The van der Waals surface area contributed by atoms with Crippen molar-refractivity contribution in [2.45, 2.75) is 13.3 Å². The minimum Gasteiger partial charge on any atom is -0.462 e. The van der Waals surface area contributed by atoms with Gasteiger partial charge in [-0.1, -0.05) is 0 Å². The number of pyridine rings is 1. The van der Waals surface area contributed by atoms with Gasteiger partial charge in [-0.15, -0.1) is 0 Å². The highest BCUT2D eigenvalue weighted by atomic mass is 19.3. The van der Waals surface area contributed by atoms with Gasteiger partial charge in [0.25, 0.3) is 12.0 Å². The topological polar surface area (TPSA) is 59.2 Å². The van der Waals surface area contributed by atoms with Gasteiger partial charge in [0.1, 0.15) is 5.56 Å². The summed E-state index contributed by atoms with van der Waals surface area (Å²) in [6.45, 7) is 1.64. The third kappa shape index (κ3) is 2.61. The molecule has 6 heteroatoms. The second kappa shape index (κ2) is 4.68. The molecule has 1 aromatic heterocycles. The minimum atomic E-state index is -2.74. The third-order valence-corrected chi connectivity index (χ3v) is 1.67. The minimum absolute atomic E-state index is 0.0805. The molecule has 0 unspecified atom stereocenters. The van der Waals surface area contributed by atoms with Crippen LogP contribution in [0.3, 0.4) is 0 Å². The van der Waals surface area contributed by atoms with E-state index in [9.17, 15) is 18.4 Å². The van der Waals surface area contributed by atoms with E-state index < -0.39 is 29.1 Å². The Labute approximate surface area is 83.9 Å². The average Bonchev–Trinajstić information content (AvgIpc) is 2.18. The molecule has 4 nitrogen and oxygen atoms in total. The third-order valence-electron chi connectivity index (χ3n) is 1.67. The van der Waals surface area contributed by atoms with Gasteiger partial charge in [-0.25, -0.2) is 13.6 Å². The fourth-order valence-electron chi connectivity index (χ4n) is 0.987. The summed E-state index contributed by atoms with van der Waals surface area (Å²) in [6.07, 6.45) is -1.87. The maximum atomic E-state index is 12.3. The molecule has 1 rings (SSSR count). The Balaban J connectivity index is 3.11. The zero-order valence-corrected chi connectivity index (χ0v) is 7.92. The van der Waals surface area contributed by atoms with E-state index in [1.807, 2.05) is 0 Å². The molecule has 0 saturated carbocycles. The lowest BCUT2D eigenvalue weighted by molar-refractivity contribution is 0.0523. The molecule has 0 amide bonds. The average molecular weight is 217 g/mol. The Morgan fingerprint density at radius 1 is 1.60 bits per heavy atom. The summed E-state index contributed by atoms with van der Waals surface area (Å²) in [5.74, 6) is -0.902. The quantitative estimate of drug-likeness (QED) is 0.780. The van der Waals surface area contributed by atoms with E-state index in [1.165, 1.54) is 0 Å². The molecule has 1 N–H and O–H groups in total. The Bertz CT molecular complexity index is 414. The number of carbonyl (C=O) groups is 1. The molecule has 0 saturated heterocycles. The Kier molecular flexibility index (Phi) is 3.54. The number of aromatic nitrogens is 1. The fourth-order valence-corrected chi connectivity index (χ4v) is 0.987. The van der Waals surface area contributed by atoms with E-state index in [2.05, 4.69) is 9.72 Å². The van der Waals surface area contributed by atoms with Gasteiger partial charge in [0.05, 0.1) is 6.61 Å². The van der Waals surface area contributed by atoms with Crippen LogP contribution in [0.4, 0.5) is 8.78 Å². The number of halogens is 2. The van der Waals surface area contributed by atoms with Gasteiger partial charge in [0.2, 0.25) is 0 Å². The van der Waals surface area contributed by atoms with Gasteiger partial charge >= 0.3 is 5.97 Å². The van der Waals surface area contributed by atoms with Crippen LogP contribution in [-0.4, -0.2) is 17.6 Å². The lowest BCUT2D eigenvalue weighted by atomic mass is 10.2. The van der Waals surface area contributed by atoms with E-state index >= 15 is 0 Å². The van der Waals surface area contributed by atoms with E-state index in [0.717, 1.165) is 12.3 Å². The number of hydrogen-bond acceptors (Lipinski definition) is 3. The molecule has 0 aliphatic heterocycles. The van der Waals surface area contributed by atoms with Crippen molar-refractivity contribution in [3.05, 3.63) is 33.7 Å². The molecule has 82 valence electrons. The van der Waals surface area contributed by atoms with E-state index in [1.54, 1.807) is 6.92 Å². The first kappa shape index (κ1) is 11.4. The smallest absolute Gasteiger partial charge is 0.343 e. The summed E-state index contributed by atoms with van der Waals surface area (Å²) >= 11 is 0. The number of hydrogen-bond donors (Lipinski definition) is 1. The molecule has 0 aromatic carbocycles. The number of aromatic amines is 1. The van der Waals surface area contributed by atoms with E-state index in [0.29, 0.717) is 0 Å². The molecule has 0 fully saturated rings. The monoisotopic (exact) mass is 217 g/mol. The Morgan fingerprint density at radius 2 is 2.27 bits per heavy atom. The van der Waals surface area contributed by atoms with Crippen molar-refractivity contribution in [3.8, 4) is 0 Å². The summed E-state index contributed by atoms with van der Waals surface area (Å²) in [4.78, 5) is 24.3. The first-order valence-corrected chi connectivity index (χ1v) is 4.24. The SMILES string of the molecule is CCOC(=O)c1cc(C(F)F)c[nH]c1=O. The molecule has 1 aromatic rings. The van der Waals surface area contributed by atoms with Crippen molar-refractivity contribution < 1.29 is 18.3 Å². The fraction of sp³-hybridized carbons (Fsp3) is 0.333.